The Balaban J connectivity index is 2.26. The normalized spacial score (nSPS) is 10.6. The van der Waals surface area contributed by atoms with Gasteiger partial charge in [0.15, 0.2) is 11.9 Å². The number of pyridine rings is 1. The molecular weight excluding hydrogens is 302 g/mol. The number of hydrogen-bond acceptors (Lipinski definition) is 5. The first-order valence-corrected chi connectivity index (χ1v) is 6.53. The van der Waals surface area contributed by atoms with Crippen molar-refractivity contribution < 1.29 is 19.5 Å². The molecule has 0 aliphatic rings. The highest BCUT2D eigenvalue weighted by Gasteiger charge is 2.27. The SMILES string of the molecule is O=[N+]([O-])c1ccc(-[n+]2cc(O)c3ccccc3c2)c([N+](=O)[O-])c1. The summed E-state index contributed by atoms with van der Waals surface area (Å²) in [5.74, 6) is -0.0456. The minimum absolute atomic E-state index is 0.0456. The van der Waals surface area contributed by atoms with Gasteiger partial charge in [-0.1, -0.05) is 18.2 Å². The lowest BCUT2D eigenvalue weighted by Crippen LogP contribution is -2.30. The van der Waals surface area contributed by atoms with Crippen molar-refractivity contribution >= 4 is 22.1 Å². The van der Waals surface area contributed by atoms with Crippen LogP contribution in [0.15, 0.2) is 54.9 Å². The minimum atomic E-state index is -0.695. The van der Waals surface area contributed by atoms with Crippen molar-refractivity contribution in [2.75, 3.05) is 0 Å². The van der Waals surface area contributed by atoms with Crippen molar-refractivity contribution in [2.24, 2.45) is 0 Å². The van der Waals surface area contributed by atoms with Crippen molar-refractivity contribution in [3.8, 4) is 11.4 Å². The quantitative estimate of drug-likeness (QED) is 0.454. The van der Waals surface area contributed by atoms with Crippen LogP contribution >= 0.6 is 0 Å². The van der Waals surface area contributed by atoms with Crippen molar-refractivity contribution in [3.05, 3.63) is 75.1 Å². The molecule has 0 saturated heterocycles. The van der Waals surface area contributed by atoms with Crippen LogP contribution in [0.2, 0.25) is 0 Å². The third kappa shape index (κ3) is 2.53. The van der Waals surface area contributed by atoms with Crippen LogP contribution in [-0.2, 0) is 0 Å². The number of non-ortho nitro benzene ring substituents is 1. The molecule has 114 valence electrons. The average Bonchev–Trinajstić information content (AvgIpc) is 2.54. The molecule has 0 fully saturated rings. The monoisotopic (exact) mass is 312 g/mol. The molecule has 1 N–H and O–H groups in total. The molecule has 1 aromatic heterocycles. The van der Waals surface area contributed by atoms with E-state index in [4.69, 9.17) is 0 Å². The van der Waals surface area contributed by atoms with Gasteiger partial charge in [-0.05, 0) is 6.07 Å². The fourth-order valence-electron chi connectivity index (χ4n) is 2.36. The summed E-state index contributed by atoms with van der Waals surface area (Å²) in [6.07, 6.45) is 2.94. The Morgan fingerprint density at radius 1 is 0.957 bits per heavy atom. The number of aromatic hydroxyl groups is 1. The van der Waals surface area contributed by atoms with E-state index in [9.17, 15) is 25.3 Å². The molecule has 3 aromatic rings. The second kappa shape index (κ2) is 5.34. The molecule has 0 saturated carbocycles. The fraction of sp³-hybridized carbons (Fsp3) is 0. The Hall–Kier alpha value is -3.55. The Labute approximate surface area is 129 Å². The maximum atomic E-state index is 11.2. The lowest BCUT2D eigenvalue weighted by molar-refractivity contribution is -0.599. The van der Waals surface area contributed by atoms with Gasteiger partial charge in [0.25, 0.3) is 11.4 Å². The number of rotatable bonds is 3. The van der Waals surface area contributed by atoms with E-state index in [1.165, 1.54) is 22.9 Å². The van der Waals surface area contributed by atoms with Gasteiger partial charge in [-0.2, -0.15) is 4.57 Å². The van der Waals surface area contributed by atoms with Crippen LogP contribution in [0.3, 0.4) is 0 Å². The Morgan fingerprint density at radius 2 is 1.70 bits per heavy atom. The molecule has 3 rings (SSSR count). The maximum absolute atomic E-state index is 11.2. The molecule has 0 spiro atoms. The number of nitrogens with zero attached hydrogens (tertiary/aromatic N) is 3. The highest BCUT2D eigenvalue weighted by atomic mass is 16.6. The van der Waals surface area contributed by atoms with Crippen LogP contribution in [0, 0.1) is 20.2 Å². The number of hydrogen-bond donors (Lipinski definition) is 1. The smallest absolute Gasteiger partial charge is 0.347 e. The van der Waals surface area contributed by atoms with Crippen LogP contribution in [0.5, 0.6) is 5.75 Å². The molecule has 0 radical (unpaired) electrons. The highest BCUT2D eigenvalue weighted by Crippen LogP contribution is 2.27. The van der Waals surface area contributed by atoms with Crippen LogP contribution < -0.4 is 4.57 Å². The zero-order valence-electron chi connectivity index (χ0n) is 11.6. The van der Waals surface area contributed by atoms with Gasteiger partial charge in [0.1, 0.15) is 6.07 Å². The molecule has 8 heteroatoms. The molecule has 0 amide bonds. The summed E-state index contributed by atoms with van der Waals surface area (Å²) in [5, 5.41) is 33.4. The Morgan fingerprint density at radius 3 is 2.39 bits per heavy atom. The second-order valence-corrected chi connectivity index (χ2v) is 4.83. The third-order valence-electron chi connectivity index (χ3n) is 3.42. The summed E-state index contributed by atoms with van der Waals surface area (Å²) in [7, 11) is 0. The molecule has 0 aliphatic heterocycles. The van der Waals surface area contributed by atoms with Crippen LogP contribution in [0.4, 0.5) is 11.4 Å². The average molecular weight is 312 g/mol. The van der Waals surface area contributed by atoms with E-state index in [-0.39, 0.29) is 17.1 Å². The summed E-state index contributed by atoms with van der Waals surface area (Å²) >= 11 is 0. The van der Waals surface area contributed by atoms with Gasteiger partial charge >= 0.3 is 5.69 Å². The van der Waals surface area contributed by atoms with Crippen LogP contribution in [0.25, 0.3) is 16.5 Å². The number of aromatic nitrogens is 1. The van der Waals surface area contributed by atoms with Crippen LogP contribution in [0.1, 0.15) is 0 Å². The number of nitro benzene ring substituents is 2. The standard InChI is InChI=1S/C15H9N3O5/c19-15-9-16(8-10-3-1-2-4-12(10)15)13-6-5-11(17(20)21)7-14(13)18(22)23/h1-9H/p+1. The number of nitro groups is 2. The molecule has 23 heavy (non-hydrogen) atoms. The zero-order chi connectivity index (χ0) is 16.6. The lowest BCUT2D eigenvalue weighted by Gasteiger charge is -2.02. The van der Waals surface area contributed by atoms with E-state index in [1.807, 2.05) is 0 Å². The maximum Gasteiger partial charge on any atom is 0.347 e. The Bertz CT molecular complexity index is 955. The topological polar surface area (TPSA) is 110 Å². The molecular formula is C15H10N3O5+. The largest absolute Gasteiger partial charge is 0.502 e. The first kappa shape index (κ1) is 14.4. The van der Waals surface area contributed by atoms with Gasteiger partial charge in [0, 0.05) is 22.9 Å². The number of benzene rings is 2. The van der Waals surface area contributed by atoms with Crippen molar-refractivity contribution in [3.63, 3.8) is 0 Å². The summed E-state index contributed by atoms with van der Waals surface area (Å²) in [6, 6.07) is 10.4. The van der Waals surface area contributed by atoms with E-state index in [0.29, 0.717) is 10.8 Å². The second-order valence-electron chi connectivity index (χ2n) is 4.83. The van der Waals surface area contributed by atoms with Gasteiger partial charge in [-0.15, -0.1) is 0 Å². The zero-order valence-corrected chi connectivity index (χ0v) is 11.6. The predicted octanol–water partition coefficient (Wildman–Crippen LogP) is 2.64. The van der Waals surface area contributed by atoms with Gasteiger partial charge in [0.2, 0.25) is 6.20 Å². The summed E-state index contributed by atoms with van der Waals surface area (Å²) in [6.45, 7) is 0. The molecule has 0 atom stereocenters. The van der Waals surface area contributed by atoms with Crippen LogP contribution in [-0.4, -0.2) is 15.0 Å². The van der Waals surface area contributed by atoms with E-state index in [1.54, 1.807) is 30.5 Å². The molecule has 8 nitrogen and oxygen atoms in total. The summed E-state index contributed by atoms with van der Waals surface area (Å²) in [4.78, 5) is 20.6. The molecule has 0 aliphatic carbocycles. The molecule has 1 heterocycles. The van der Waals surface area contributed by atoms with Crippen molar-refractivity contribution in [1.82, 2.24) is 0 Å². The van der Waals surface area contributed by atoms with E-state index in [0.717, 1.165) is 6.07 Å². The fourth-order valence-corrected chi connectivity index (χ4v) is 2.36. The highest BCUT2D eigenvalue weighted by molar-refractivity contribution is 5.86. The van der Waals surface area contributed by atoms with E-state index in [2.05, 4.69) is 0 Å². The Kier molecular flexibility index (Phi) is 3.34. The molecule has 0 unspecified atom stereocenters. The molecule has 2 aromatic carbocycles. The molecule has 0 bridgehead atoms. The summed E-state index contributed by atoms with van der Waals surface area (Å²) < 4.78 is 1.37. The van der Waals surface area contributed by atoms with Crippen molar-refractivity contribution in [2.45, 2.75) is 0 Å². The first-order chi connectivity index (χ1) is 11.0. The van der Waals surface area contributed by atoms with E-state index >= 15 is 0 Å². The predicted molar refractivity (Wildman–Crippen MR) is 80.5 cm³/mol. The van der Waals surface area contributed by atoms with Gasteiger partial charge < -0.3 is 5.11 Å². The van der Waals surface area contributed by atoms with Gasteiger partial charge in [-0.3, -0.25) is 20.2 Å². The number of fused-ring (bicyclic) bond motifs is 1. The summed E-state index contributed by atoms with van der Waals surface area (Å²) in [5.41, 5.74) is -0.661. The third-order valence-corrected chi connectivity index (χ3v) is 3.42. The van der Waals surface area contributed by atoms with Gasteiger partial charge in [0.05, 0.1) is 9.85 Å². The lowest BCUT2D eigenvalue weighted by atomic mass is 10.1. The minimum Gasteiger partial charge on any atom is -0.502 e. The first-order valence-electron chi connectivity index (χ1n) is 6.53. The van der Waals surface area contributed by atoms with Gasteiger partial charge in [-0.25, -0.2) is 0 Å². The van der Waals surface area contributed by atoms with E-state index < -0.39 is 15.5 Å². The van der Waals surface area contributed by atoms with Crippen molar-refractivity contribution in [1.29, 1.82) is 0 Å².